The number of aromatic nitrogens is 3. The SMILES string of the molecule is CCC(=O)OC(C)N(N)/N=C(\N)c1c(-c2ccc(C(=O)N(c3ncccc3C)C3CCCNC3)cc2)cnn1C. The average Bonchev–Trinajstić information content (AvgIpc) is 3.36. The number of anilines is 1. The molecule has 1 fully saturated rings. The Kier molecular flexibility index (Phi) is 9.12. The molecule has 0 spiro atoms. The average molecular weight is 548 g/mol. The second-order valence-corrected chi connectivity index (χ2v) is 9.74. The maximum atomic E-state index is 13.9. The highest BCUT2D eigenvalue weighted by Gasteiger charge is 2.30. The number of ether oxygens (including phenoxy) is 1. The summed E-state index contributed by atoms with van der Waals surface area (Å²) < 4.78 is 6.78. The van der Waals surface area contributed by atoms with Crippen LogP contribution in [0.4, 0.5) is 5.82 Å². The van der Waals surface area contributed by atoms with Gasteiger partial charge in [-0.3, -0.25) is 19.2 Å². The van der Waals surface area contributed by atoms with Crippen molar-refractivity contribution in [2.45, 2.75) is 52.3 Å². The number of benzene rings is 1. The van der Waals surface area contributed by atoms with Gasteiger partial charge in [0.2, 0.25) is 6.23 Å². The topological polar surface area (TPSA) is 157 Å². The molecule has 2 aromatic heterocycles. The Balaban J connectivity index is 1.60. The standard InChI is InChI=1S/C28H37N9O3/c1-5-24(38)40-19(3)37(30)34-26(29)25-23(17-33-35(25)4)20-10-12-21(13-11-20)28(39)36(22-9-7-14-31-16-22)27-18(2)8-6-15-32-27/h6,8,10-13,15,17,19,22,31H,5,7,9,14,16,30H2,1-4H3,(H2,29,34). The summed E-state index contributed by atoms with van der Waals surface area (Å²) >= 11 is 0. The molecule has 2 unspecified atom stereocenters. The molecule has 3 aromatic rings. The number of amidine groups is 1. The number of carbonyl (C=O) groups excluding carboxylic acids is 2. The van der Waals surface area contributed by atoms with E-state index >= 15 is 0 Å². The maximum Gasteiger partial charge on any atom is 0.307 e. The van der Waals surface area contributed by atoms with Crippen LogP contribution in [0.2, 0.25) is 0 Å². The highest BCUT2D eigenvalue weighted by atomic mass is 16.6. The number of rotatable bonds is 9. The number of amides is 1. The summed E-state index contributed by atoms with van der Waals surface area (Å²) in [6, 6.07) is 11.2. The van der Waals surface area contributed by atoms with Crippen LogP contribution in [0.25, 0.3) is 11.1 Å². The van der Waals surface area contributed by atoms with Crippen LogP contribution in [0.5, 0.6) is 0 Å². The minimum Gasteiger partial charge on any atom is -0.439 e. The second kappa shape index (κ2) is 12.7. The third-order valence-electron chi connectivity index (χ3n) is 6.88. The first-order chi connectivity index (χ1) is 19.2. The van der Waals surface area contributed by atoms with Gasteiger partial charge in [0.25, 0.3) is 5.91 Å². The number of hydrazone groups is 1. The molecule has 212 valence electrons. The number of nitrogens with two attached hydrogens (primary N) is 2. The lowest BCUT2D eigenvalue weighted by Crippen LogP contribution is -2.49. The van der Waals surface area contributed by atoms with Crippen LogP contribution >= 0.6 is 0 Å². The maximum absolute atomic E-state index is 13.9. The molecule has 1 aliphatic rings. The van der Waals surface area contributed by atoms with E-state index in [1.807, 2.05) is 36.1 Å². The summed E-state index contributed by atoms with van der Waals surface area (Å²) in [5.41, 5.74) is 9.84. The van der Waals surface area contributed by atoms with Crippen LogP contribution in [0.3, 0.4) is 0 Å². The first-order valence-electron chi connectivity index (χ1n) is 13.4. The third-order valence-corrected chi connectivity index (χ3v) is 6.88. The van der Waals surface area contributed by atoms with E-state index in [0.29, 0.717) is 29.2 Å². The predicted molar refractivity (Wildman–Crippen MR) is 153 cm³/mol. The number of pyridine rings is 1. The van der Waals surface area contributed by atoms with Crippen molar-refractivity contribution in [2.75, 3.05) is 18.0 Å². The summed E-state index contributed by atoms with van der Waals surface area (Å²) in [7, 11) is 1.74. The number of nitrogens with zero attached hydrogens (tertiary/aromatic N) is 6. The molecule has 3 heterocycles. The summed E-state index contributed by atoms with van der Waals surface area (Å²) in [4.78, 5) is 31.8. The zero-order chi connectivity index (χ0) is 28.8. The molecular formula is C28H37N9O3. The van der Waals surface area contributed by atoms with Crippen LogP contribution in [0.1, 0.15) is 54.7 Å². The van der Waals surface area contributed by atoms with Gasteiger partial charge in [-0.05, 0) is 62.6 Å². The molecule has 1 saturated heterocycles. The Hall–Kier alpha value is -4.29. The summed E-state index contributed by atoms with van der Waals surface area (Å²) in [6.07, 6.45) is 4.70. The smallest absolute Gasteiger partial charge is 0.307 e. The van der Waals surface area contributed by atoms with Crippen molar-refractivity contribution >= 4 is 23.5 Å². The number of aryl methyl sites for hydroxylation is 2. The zero-order valence-corrected chi connectivity index (χ0v) is 23.4. The van der Waals surface area contributed by atoms with E-state index in [4.69, 9.17) is 16.3 Å². The molecule has 0 radical (unpaired) electrons. The molecule has 5 N–H and O–H groups in total. The fraction of sp³-hybridized carbons (Fsp3) is 0.393. The van der Waals surface area contributed by atoms with E-state index in [1.54, 1.807) is 50.1 Å². The molecular weight excluding hydrogens is 510 g/mol. The Morgan fingerprint density at radius 2 is 2.02 bits per heavy atom. The Bertz CT molecular complexity index is 1360. The van der Waals surface area contributed by atoms with Gasteiger partial charge in [-0.1, -0.05) is 25.1 Å². The van der Waals surface area contributed by atoms with E-state index < -0.39 is 12.2 Å². The predicted octanol–water partition coefficient (Wildman–Crippen LogP) is 2.28. The minimum atomic E-state index is -0.807. The minimum absolute atomic E-state index is 0.00802. The summed E-state index contributed by atoms with van der Waals surface area (Å²) in [6.45, 7) is 6.92. The number of carbonyl (C=O) groups is 2. The summed E-state index contributed by atoms with van der Waals surface area (Å²) in [5.74, 6) is 6.24. The van der Waals surface area contributed by atoms with Gasteiger partial charge in [0.1, 0.15) is 11.5 Å². The van der Waals surface area contributed by atoms with Gasteiger partial charge in [-0.2, -0.15) is 10.2 Å². The van der Waals surface area contributed by atoms with Crippen LogP contribution in [0.15, 0.2) is 53.9 Å². The second-order valence-electron chi connectivity index (χ2n) is 9.74. The molecule has 0 aliphatic carbocycles. The number of hydrazine groups is 1. The van der Waals surface area contributed by atoms with Crippen molar-refractivity contribution in [3.05, 3.63) is 65.6 Å². The molecule has 1 aliphatic heterocycles. The van der Waals surface area contributed by atoms with Gasteiger partial charge in [-0.25, -0.2) is 10.8 Å². The van der Waals surface area contributed by atoms with Crippen molar-refractivity contribution in [1.29, 1.82) is 0 Å². The molecule has 0 saturated carbocycles. The fourth-order valence-electron chi connectivity index (χ4n) is 4.68. The number of esters is 1. The number of hydrogen-bond donors (Lipinski definition) is 3. The lowest BCUT2D eigenvalue weighted by Gasteiger charge is -2.34. The Labute approximate surface area is 233 Å². The molecule has 2 atom stereocenters. The van der Waals surface area contributed by atoms with Gasteiger partial charge in [0.15, 0.2) is 5.84 Å². The monoisotopic (exact) mass is 547 g/mol. The van der Waals surface area contributed by atoms with Crippen molar-refractivity contribution in [1.82, 2.24) is 25.2 Å². The van der Waals surface area contributed by atoms with Crippen LogP contribution in [0, 0.1) is 6.92 Å². The molecule has 40 heavy (non-hydrogen) atoms. The third kappa shape index (κ3) is 6.29. The van der Waals surface area contributed by atoms with E-state index in [9.17, 15) is 9.59 Å². The highest BCUT2D eigenvalue weighted by Crippen LogP contribution is 2.27. The number of hydrogen-bond acceptors (Lipinski definition) is 9. The lowest BCUT2D eigenvalue weighted by molar-refractivity contribution is -0.157. The van der Waals surface area contributed by atoms with Crippen molar-refractivity contribution in [3.8, 4) is 11.1 Å². The van der Waals surface area contributed by atoms with Crippen LogP contribution in [-0.4, -0.2) is 63.0 Å². The van der Waals surface area contributed by atoms with E-state index in [0.717, 1.165) is 35.6 Å². The molecule has 12 heteroatoms. The van der Waals surface area contributed by atoms with Crippen molar-refractivity contribution < 1.29 is 14.3 Å². The molecule has 1 aromatic carbocycles. The Morgan fingerprint density at radius 3 is 2.67 bits per heavy atom. The first-order valence-corrected chi connectivity index (χ1v) is 13.4. The highest BCUT2D eigenvalue weighted by molar-refractivity contribution is 6.07. The zero-order valence-electron chi connectivity index (χ0n) is 23.4. The van der Waals surface area contributed by atoms with Gasteiger partial charge in [0, 0.05) is 37.3 Å². The quantitative estimate of drug-likeness (QED) is 0.0913. The summed E-state index contributed by atoms with van der Waals surface area (Å²) in [5, 5.41) is 13.0. The van der Waals surface area contributed by atoms with Gasteiger partial charge < -0.3 is 15.8 Å². The van der Waals surface area contributed by atoms with E-state index in [1.165, 1.54) is 0 Å². The van der Waals surface area contributed by atoms with Crippen molar-refractivity contribution in [2.24, 2.45) is 23.7 Å². The molecule has 4 rings (SSSR count). The molecule has 1 amide bonds. The normalized spacial score (nSPS) is 16.3. The molecule has 12 nitrogen and oxygen atoms in total. The largest absolute Gasteiger partial charge is 0.439 e. The number of nitrogens with one attached hydrogen (secondary N) is 1. The Morgan fingerprint density at radius 1 is 1.27 bits per heavy atom. The van der Waals surface area contributed by atoms with Gasteiger partial charge in [-0.15, -0.1) is 5.10 Å². The van der Waals surface area contributed by atoms with Crippen LogP contribution in [-0.2, 0) is 16.6 Å². The van der Waals surface area contributed by atoms with Gasteiger partial charge >= 0.3 is 5.97 Å². The lowest BCUT2D eigenvalue weighted by atomic mass is 10.0. The number of piperidine rings is 1. The van der Waals surface area contributed by atoms with E-state index in [2.05, 4.69) is 20.5 Å². The van der Waals surface area contributed by atoms with Crippen LogP contribution < -0.4 is 21.8 Å². The fourth-order valence-corrected chi connectivity index (χ4v) is 4.68. The first kappa shape index (κ1) is 28.7. The molecule has 0 bridgehead atoms. The van der Waals surface area contributed by atoms with Crippen molar-refractivity contribution in [3.63, 3.8) is 0 Å². The van der Waals surface area contributed by atoms with E-state index in [-0.39, 0.29) is 24.2 Å². The van der Waals surface area contributed by atoms with Gasteiger partial charge in [0.05, 0.1) is 12.2 Å².